The molecule has 2 fully saturated rings. The first-order chi connectivity index (χ1) is 8.11. The van der Waals surface area contributed by atoms with Gasteiger partial charge in [-0.1, -0.05) is 0 Å². The molecule has 17 heavy (non-hydrogen) atoms. The predicted molar refractivity (Wildman–Crippen MR) is 66.2 cm³/mol. The molecule has 1 heterocycles. The second-order valence-corrected chi connectivity index (χ2v) is 5.95. The normalized spacial score (nSPS) is 21.4. The molecule has 1 aliphatic heterocycles. The van der Waals surface area contributed by atoms with Crippen LogP contribution in [0.2, 0.25) is 0 Å². The van der Waals surface area contributed by atoms with Gasteiger partial charge in [0.05, 0.1) is 6.42 Å². The van der Waals surface area contributed by atoms with Gasteiger partial charge in [0.1, 0.15) is 0 Å². The first-order valence-corrected chi connectivity index (χ1v) is 7.09. The van der Waals surface area contributed by atoms with Crippen LogP contribution in [0, 0.1) is 5.41 Å². The Morgan fingerprint density at radius 2 is 2.29 bits per heavy atom. The Morgan fingerprint density at radius 3 is 2.82 bits per heavy atom. The molecule has 0 atom stereocenters. The average molecular weight is 258 g/mol. The van der Waals surface area contributed by atoms with Gasteiger partial charge in [-0.15, -0.1) is 0 Å². The number of nitrogens with zero attached hydrogens (tertiary/aromatic N) is 1. The number of hydrogen-bond acceptors (Lipinski definition) is 3. The Bertz CT molecular complexity index is 318. The zero-order chi connectivity index (χ0) is 12.3. The molecular weight excluding hydrogens is 240 g/mol. The smallest absolute Gasteiger partial charge is 0.317 e. The van der Waals surface area contributed by atoms with E-state index in [-0.39, 0.29) is 11.4 Å². The molecule has 0 radical (unpaired) electrons. The van der Waals surface area contributed by atoms with Crippen molar-refractivity contribution in [2.75, 3.05) is 31.1 Å². The molecule has 0 aromatic carbocycles. The average Bonchev–Trinajstić information content (AvgIpc) is 2.88. The highest BCUT2D eigenvalue weighted by atomic mass is 32.2. The van der Waals surface area contributed by atoms with E-state index in [4.69, 9.17) is 5.11 Å². The Kier molecular flexibility index (Phi) is 3.81. The second-order valence-electron chi connectivity index (χ2n) is 4.84. The number of amides is 2. The Morgan fingerprint density at radius 1 is 1.53 bits per heavy atom. The lowest BCUT2D eigenvalue weighted by Gasteiger charge is -2.15. The summed E-state index contributed by atoms with van der Waals surface area (Å²) in [6, 6.07) is 0.0253. The molecule has 5 nitrogen and oxygen atoms in total. The van der Waals surface area contributed by atoms with Crippen LogP contribution in [-0.2, 0) is 4.79 Å². The third-order valence-electron chi connectivity index (χ3n) is 3.34. The summed E-state index contributed by atoms with van der Waals surface area (Å²) in [5.41, 5.74) is 0.0593. The summed E-state index contributed by atoms with van der Waals surface area (Å²) >= 11 is 1.77. The highest BCUT2D eigenvalue weighted by molar-refractivity contribution is 7.99. The molecule has 2 amide bonds. The third kappa shape index (κ3) is 3.52. The van der Waals surface area contributed by atoms with Crippen LogP contribution in [0.1, 0.15) is 19.3 Å². The van der Waals surface area contributed by atoms with Crippen LogP contribution in [0.25, 0.3) is 0 Å². The molecule has 0 spiro atoms. The van der Waals surface area contributed by atoms with E-state index in [0.29, 0.717) is 6.42 Å². The molecule has 6 heteroatoms. The van der Waals surface area contributed by atoms with Crippen molar-refractivity contribution >= 4 is 23.8 Å². The number of carboxylic acid groups (broad SMARTS) is 1. The van der Waals surface area contributed by atoms with E-state index < -0.39 is 5.97 Å². The maximum Gasteiger partial charge on any atom is 0.317 e. The summed E-state index contributed by atoms with van der Waals surface area (Å²) in [4.78, 5) is 23.7. The van der Waals surface area contributed by atoms with Crippen molar-refractivity contribution < 1.29 is 14.7 Å². The quantitative estimate of drug-likeness (QED) is 0.668. The number of carboxylic acids is 1. The minimum Gasteiger partial charge on any atom is -0.481 e. The van der Waals surface area contributed by atoms with Gasteiger partial charge in [0.15, 0.2) is 0 Å². The van der Waals surface area contributed by atoms with Crippen molar-refractivity contribution in [2.45, 2.75) is 19.3 Å². The number of aliphatic carboxylic acids is 1. The molecule has 0 aromatic rings. The van der Waals surface area contributed by atoms with Crippen molar-refractivity contribution in [3.8, 4) is 0 Å². The summed E-state index contributed by atoms with van der Waals surface area (Å²) in [5.74, 6) is 1.12. The topological polar surface area (TPSA) is 69.6 Å². The highest BCUT2D eigenvalue weighted by Crippen LogP contribution is 2.50. The van der Waals surface area contributed by atoms with Gasteiger partial charge >= 0.3 is 12.0 Å². The van der Waals surface area contributed by atoms with Crippen molar-refractivity contribution in [2.24, 2.45) is 5.41 Å². The minimum atomic E-state index is -0.693. The summed E-state index contributed by atoms with van der Waals surface area (Å²) < 4.78 is 0. The van der Waals surface area contributed by atoms with Crippen LogP contribution in [0.3, 0.4) is 0 Å². The SMILES string of the molecule is O=C(O)CC1(CSCCN2CCNC2=O)CC1. The maximum atomic E-state index is 11.3. The van der Waals surface area contributed by atoms with Gasteiger partial charge in [-0.3, -0.25) is 4.79 Å². The zero-order valence-electron chi connectivity index (χ0n) is 9.78. The van der Waals surface area contributed by atoms with Gasteiger partial charge in [0.2, 0.25) is 0 Å². The van der Waals surface area contributed by atoms with Gasteiger partial charge < -0.3 is 15.3 Å². The largest absolute Gasteiger partial charge is 0.481 e. The fourth-order valence-electron chi connectivity index (χ4n) is 2.06. The van der Waals surface area contributed by atoms with Gasteiger partial charge in [-0.2, -0.15) is 11.8 Å². The molecule has 2 aliphatic rings. The lowest BCUT2D eigenvalue weighted by atomic mass is 10.1. The van der Waals surface area contributed by atoms with Crippen LogP contribution < -0.4 is 5.32 Å². The van der Waals surface area contributed by atoms with E-state index in [9.17, 15) is 9.59 Å². The molecule has 1 saturated heterocycles. The summed E-state index contributed by atoms with van der Waals surface area (Å²) in [5, 5.41) is 11.5. The molecule has 0 bridgehead atoms. The van der Waals surface area contributed by atoms with Gasteiger partial charge in [0, 0.05) is 25.4 Å². The van der Waals surface area contributed by atoms with Crippen LogP contribution in [0.4, 0.5) is 4.79 Å². The van der Waals surface area contributed by atoms with Crippen LogP contribution in [-0.4, -0.2) is 53.1 Å². The molecule has 1 saturated carbocycles. The van der Waals surface area contributed by atoms with Crippen LogP contribution >= 0.6 is 11.8 Å². The monoisotopic (exact) mass is 258 g/mol. The van der Waals surface area contributed by atoms with E-state index >= 15 is 0 Å². The Balaban J connectivity index is 1.60. The maximum absolute atomic E-state index is 11.3. The van der Waals surface area contributed by atoms with Gasteiger partial charge in [-0.25, -0.2) is 4.79 Å². The lowest BCUT2D eigenvalue weighted by Crippen LogP contribution is -2.30. The molecular formula is C11H18N2O3S. The van der Waals surface area contributed by atoms with Crippen molar-refractivity contribution in [3.63, 3.8) is 0 Å². The number of thioether (sulfide) groups is 1. The third-order valence-corrected chi connectivity index (χ3v) is 4.63. The molecule has 1 aliphatic carbocycles. The number of hydrogen-bond donors (Lipinski definition) is 2. The zero-order valence-corrected chi connectivity index (χ0v) is 10.6. The molecule has 2 N–H and O–H groups in total. The molecule has 2 rings (SSSR count). The minimum absolute atomic E-state index is 0.0253. The number of carbonyl (C=O) groups excluding carboxylic acids is 1. The Labute approximate surface area is 105 Å². The van der Waals surface area contributed by atoms with Crippen LogP contribution in [0.15, 0.2) is 0 Å². The molecule has 96 valence electrons. The number of nitrogens with one attached hydrogen (secondary N) is 1. The van der Waals surface area contributed by atoms with E-state index in [2.05, 4.69) is 5.32 Å². The van der Waals surface area contributed by atoms with E-state index in [1.807, 2.05) is 4.90 Å². The fourth-order valence-corrected chi connectivity index (χ4v) is 3.38. The van der Waals surface area contributed by atoms with E-state index in [1.54, 1.807) is 11.8 Å². The molecule has 0 unspecified atom stereocenters. The van der Waals surface area contributed by atoms with Crippen molar-refractivity contribution in [3.05, 3.63) is 0 Å². The van der Waals surface area contributed by atoms with Crippen molar-refractivity contribution in [1.82, 2.24) is 10.2 Å². The number of urea groups is 1. The Hall–Kier alpha value is -0.910. The van der Waals surface area contributed by atoms with Crippen LogP contribution in [0.5, 0.6) is 0 Å². The lowest BCUT2D eigenvalue weighted by molar-refractivity contribution is -0.138. The molecule has 0 aromatic heterocycles. The summed E-state index contributed by atoms with van der Waals surface area (Å²) in [6.07, 6.45) is 2.37. The number of rotatable bonds is 7. The summed E-state index contributed by atoms with van der Waals surface area (Å²) in [6.45, 7) is 2.30. The van der Waals surface area contributed by atoms with E-state index in [0.717, 1.165) is 44.0 Å². The standard InChI is InChI=1S/C11H18N2O3S/c14-9(15)7-11(1-2-11)8-17-6-5-13-4-3-12-10(13)16/h1-8H2,(H,12,16)(H,14,15). The van der Waals surface area contributed by atoms with Gasteiger partial charge in [-0.05, 0) is 24.0 Å². The first kappa shape index (κ1) is 12.5. The first-order valence-electron chi connectivity index (χ1n) is 5.94. The number of carbonyl (C=O) groups is 2. The van der Waals surface area contributed by atoms with E-state index in [1.165, 1.54) is 0 Å². The van der Waals surface area contributed by atoms with Gasteiger partial charge in [0.25, 0.3) is 0 Å². The highest BCUT2D eigenvalue weighted by Gasteiger charge is 2.44. The predicted octanol–water partition coefficient (Wildman–Crippen LogP) is 1.000. The van der Waals surface area contributed by atoms with Crippen molar-refractivity contribution in [1.29, 1.82) is 0 Å². The fraction of sp³-hybridized carbons (Fsp3) is 0.818. The summed E-state index contributed by atoms with van der Waals surface area (Å²) in [7, 11) is 0. The second kappa shape index (κ2) is 5.16.